The summed E-state index contributed by atoms with van der Waals surface area (Å²) < 4.78 is 14.1. The monoisotopic (exact) mass is 459 g/mol. The number of aromatic nitrogens is 1. The predicted molar refractivity (Wildman–Crippen MR) is 131 cm³/mol. The Hall–Kier alpha value is -2.67. The van der Waals surface area contributed by atoms with Crippen molar-refractivity contribution in [1.29, 1.82) is 0 Å². The molecule has 4 heteroatoms. The molecule has 1 aliphatic rings. The molecule has 0 saturated heterocycles. The lowest BCUT2D eigenvalue weighted by Crippen LogP contribution is -3.00. The van der Waals surface area contributed by atoms with E-state index in [1.165, 1.54) is 39.1 Å². The van der Waals surface area contributed by atoms with Crippen LogP contribution in [0.4, 0.5) is 4.39 Å². The summed E-state index contributed by atoms with van der Waals surface area (Å²) in [5, 5.41) is 5.21. The molecule has 0 saturated carbocycles. The van der Waals surface area contributed by atoms with Gasteiger partial charge in [-0.2, -0.15) is 0 Å². The van der Waals surface area contributed by atoms with Crippen LogP contribution in [-0.4, -0.2) is 11.1 Å². The SMILES string of the molecule is Fc1ccc2[nH]c3c(c2c1)C[P+](Cc1cccc2ccccc12)(c1ccccc1)CC3.[Cl-]. The Labute approximate surface area is 194 Å². The van der Waals surface area contributed by atoms with E-state index in [2.05, 4.69) is 77.8 Å². The van der Waals surface area contributed by atoms with Crippen molar-refractivity contribution < 1.29 is 16.8 Å². The number of hydrogen-bond donors (Lipinski definition) is 1. The number of halogens is 2. The molecule has 0 bridgehead atoms. The molecule has 0 radical (unpaired) electrons. The topological polar surface area (TPSA) is 15.8 Å². The average Bonchev–Trinajstić information content (AvgIpc) is 3.17. The molecule has 1 aromatic heterocycles. The van der Waals surface area contributed by atoms with Crippen molar-refractivity contribution in [3.05, 3.63) is 114 Å². The predicted octanol–water partition coefficient (Wildman–Crippen LogP) is 4.06. The van der Waals surface area contributed by atoms with Gasteiger partial charge in [-0.15, -0.1) is 0 Å². The molecule has 0 fully saturated rings. The maximum Gasteiger partial charge on any atom is 0.123 e. The summed E-state index contributed by atoms with van der Waals surface area (Å²) in [7, 11) is -1.53. The van der Waals surface area contributed by atoms with E-state index in [1.807, 2.05) is 6.07 Å². The standard InChI is InChI=1S/C28H24FNP.ClH/c29-22-13-14-27-25(17-22)26-19-31(16-15-28(26)30-27,23-10-2-1-3-11-23)18-21-9-6-8-20-7-4-5-12-24(20)21;/h1-14,17,30H,15-16,18-19H2;1H/q+1;/p-1. The zero-order valence-corrected chi connectivity index (χ0v) is 19.3. The molecule has 2 heterocycles. The van der Waals surface area contributed by atoms with Gasteiger partial charge in [0.05, 0.1) is 31.1 Å². The molecule has 1 unspecified atom stereocenters. The van der Waals surface area contributed by atoms with Crippen molar-refractivity contribution in [3.63, 3.8) is 0 Å². The van der Waals surface area contributed by atoms with Crippen LogP contribution in [0.1, 0.15) is 16.8 Å². The Kier molecular flexibility index (Phi) is 5.53. The van der Waals surface area contributed by atoms with Crippen molar-refractivity contribution in [3.8, 4) is 0 Å². The van der Waals surface area contributed by atoms with Crippen LogP contribution in [0.15, 0.2) is 91.0 Å². The second kappa shape index (κ2) is 8.35. The fourth-order valence-corrected chi connectivity index (χ4v) is 9.73. The molecule has 6 rings (SSSR count). The zero-order valence-electron chi connectivity index (χ0n) is 17.7. The molecular weight excluding hydrogens is 436 g/mol. The minimum Gasteiger partial charge on any atom is -1.00 e. The van der Waals surface area contributed by atoms with Crippen LogP contribution in [0.2, 0.25) is 0 Å². The van der Waals surface area contributed by atoms with Crippen molar-refractivity contribution in [2.24, 2.45) is 0 Å². The van der Waals surface area contributed by atoms with Crippen LogP contribution in [0.3, 0.4) is 0 Å². The van der Waals surface area contributed by atoms with Gasteiger partial charge in [-0.1, -0.05) is 60.7 Å². The third-order valence-electron chi connectivity index (χ3n) is 6.86. The smallest absolute Gasteiger partial charge is 0.123 e. The highest BCUT2D eigenvalue weighted by atomic mass is 35.5. The molecule has 160 valence electrons. The van der Waals surface area contributed by atoms with Gasteiger partial charge in [0, 0.05) is 28.6 Å². The van der Waals surface area contributed by atoms with Crippen LogP contribution in [0, 0.1) is 5.82 Å². The number of nitrogens with one attached hydrogen (secondary N) is 1. The minimum absolute atomic E-state index is 0. The van der Waals surface area contributed by atoms with Crippen LogP contribution >= 0.6 is 7.26 Å². The van der Waals surface area contributed by atoms with Gasteiger partial charge in [0.2, 0.25) is 0 Å². The quantitative estimate of drug-likeness (QED) is 0.392. The van der Waals surface area contributed by atoms with E-state index in [1.54, 1.807) is 12.1 Å². The maximum atomic E-state index is 14.1. The van der Waals surface area contributed by atoms with Gasteiger partial charge < -0.3 is 17.4 Å². The number of benzene rings is 4. The summed E-state index contributed by atoms with van der Waals surface area (Å²) in [6.45, 7) is 0. The molecule has 0 amide bonds. The number of aromatic amines is 1. The lowest BCUT2D eigenvalue weighted by atomic mass is 10.1. The second-order valence-corrected chi connectivity index (χ2v) is 12.6. The first-order chi connectivity index (χ1) is 15.2. The van der Waals surface area contributed by atoms with E-state index in [4.69, 9.17) is 0 Å². The molecule has 1 nitrogen and oxygen atoms in total. The van der Waals surface area contributed by atoms with Gasteiger partial charge in [0.15, 0.2) is 0 Å². The summed E-state index contributed by atoms with van der Waals surface area (Å²) >= 11 is 0. The minimum atomic E-state index is -1.53. The first-order valence-electron chi connectivity index (χ1n) is 10.9. The molecule has 32 heavy (non-hydrogen) atoms. The van der Waals surface area contributed by atoms with Crippen LogP contribution in [0.25, 0.3) is 21.7 Å². The molecule has 0 aliphatic carbocycles. The number of aryl methyl sites for hydroxylation is 1. The summed E-state index contributed by atoms with van der Waals surface area (Å²) in [4.78, 5) is 3.58. The summed E-state index contributed by atoms with van der Waals surface area (Å²) in [6, 6.07) is 31.6. The normalized spacial score (nSPS) is 17.8. The molecule has 1 N–H and O–H groups in total. The first-order valence-corrected chi connectivity index (χ1v) is 13.2. The van der Waals surface area contributed by atoms with Gasteiger partial charge >= 0.3 is 0 Å². The fourth-order valence-electron chi connectivity index (χ4n) is 5.32. The molecule has 1 atom stereocenters. The van der Waals surface area contributed by atoms with E-state index in [0.29, 0.717) is 0 Å². The highest BCUT2D eigenvalue weighted by Crippen LogP contribution is 2.66. The van der Waals surface area contributed by atoms with Gasteiger partial charge in [0.25, 0.3) is 0 Å². The number of H-pyrrole nitrogens is 1. The fraction of sp³-hybridized carbons (Fsp3) is 0.143. The Morgan fingerprint density at radius 2 is 1.59 bits per heavy atom. The van der Waals surface area contributed by atoms with Gasteiger partial charge in [0.1, 0.15) is 5.82 Å². The van der Waals surface area contributed by atoms with Gasteiger partial charge in [-0.25, -0.2) is 4.39 Å². The summed E-state index contributed by atoms with van der Waals surface area (Å²) in [5.41, 5.74) is 5.12. The lowest BCUT2D eigenvalue weighted by molar-refractivity contribution is -0.00000674. The van der Waals surface area contributed by atoms with Crippen molar-refractivity contribution in [1.82, 2.24) is 4.98 Å². The number of hydrogen-bond acceptors (Lipinski definition) is 0. The molecule has 5 aromatic rings. The van der Waals surface area contributed by atoms with Crippen molar-refractivity contribution in [2.75, 3.05) is 6.16 Å². The largest absolute Gasteiger partial charge is 1.00 e. The van der Waals surface area contributed by atoms with Gasteiger partial charge in [-0.05, 0) is 46.7 Å². The summed E-state index contributed by atoms with van der Waals surface area (Å²) in [6.07, 6.45) is 4.32. The maximum absolute atomic E-state index is 14.1. The van der Waals surface area contributed by atoms with E-state index >= 15 is 0 Å². The average molecular weight is 460 g/mol. The molecule has 4 aromatic carbocycles. The van der Waals surface area contributed by atoms with E-state index in [9.17, 15) is 4.39 Å². The van der Waals surface area contributed by atoms with E-state index < -0.39 is 7.26 Å². The lowest BCUT2D eigenvalue weighted by Gasteiger charge is -2.31. The van der Waals surface area contributed by atoms with Crippen LogP contribution in [0.5, 0.6) is 0 Å². The Morgan fingerprint density at radius 1 is 0.812 bits per heavy atom. The Morgan fingerprint density at radius 3 is 2.47 bits per heavy atom. The third kappa shape index (κ3) is 3.52. The van der Waals surface area contributed by atoms with Crippen LogP contribution in [-0.2, 0) is 18.7 Å². The first kappa shape index (κ1) is 21.2. The van der Waals surface area contributed by atoms with E-state index in [-0.39, 0.29) is 18.2 Å². The Balaban J connectivity index is 0.00000216. The number of fused-ring (bicyclic) bond motifs is 4. The highest BCUT2D eigenvalue weighted by Gasteiger charge is 2.45. The number of rotatable bonds is 3. The summed E-state index contributed by atoms with van der Waals surface area (Å²) in [5.74, 6) is -0.155. The molecule has 0 spiro atoms. The molecular formula is C28H24ClFNP. The second-order valence-electron chi connectivity index (χ2n) is 8.68. The zero-order chi connectivity index (χ0) is 20.8. The van der Waals surface area contributed by atoms with E-state index in [0.717, 1.165) is 29.6 Å². The highest BCUT2D eigenvalue weighted by molar-refractivity contribution is 7.81. The Bertz CT molecular complexity index is 1410. The molecule has 1 aliphatic heterocycles. The van der Waals surface area contributed by atoms with Crippen molar-refractivity contribution in [2.45, 2.75) is 18.7 Å². The third-order valence-corrected chi connectivity index (χ3v) is 11.2. The van der Waals surface area contributed by atoms with Crippen molar-refractivity contribution >= 4 is 34.2 Å². The van der Waals surface area contributed by atoms with Gasteiger partial charge in [-0.3, -0.25) is 0 Å². The van der Waals surface area contributed by atoms with Crippen LogP contribution < -0.4 is 17.7 Å².